The van der Waals surface area contributed by atoms with Gasteiger partial charge in [0.2, 0.25) is 0 Å². The first-order valence-electron chi connectivity index (χ1n) is 7.80. The zero-order valence-electron chi connectivity index (χ0n) is 13.1. The molecule has 8 heteroatoms. The summed E-state index contributed by atoms with van der Waals surface area (Å²) in [6.45, 7) is -0.130. The monoisotopic (exact) mass is 351 g/mol. The van der Waals surface area contributed by atoms with Gasteiger partial charge in [0.25, 0.3) is 5.91 Å². The van der Waals surface area contributed by atoms with E-state index in [-0.39, 0.29) is 17.7 Å². The van der Waals surface area contributed by atoms with Gasteiger partial charge >= 0.3 is 6.18 Å². The lowest BCUT2D eigenvalue weighted by Crippen LogP contribution is -2.28. The molecule has 0 aliphatic heterocycles. The van der Waals surface area contributed by atoms with Gasteiger partial charge in [-0.05, 0) is 30.5 Å². The molecule has 1 unspecified atom stereocenters. The molecule has 2 aromatic rings. The molecular formula is C17H16F3N3O2. The van der Waals surface area contributed by atoms with Crippen LogP contribution in [0.3, 0.4) is 0 Å². The first-order chi connectivity index (χ1) is 11.8. The third kappa shape index (κ3) is 4.33. The van der Waals surface area contributed by atoms with Crippen molar-refractivity contribution in [3.8, 4) is 0 Å². The van der Waals surface area contributed by atoms with Crippen LogP contribution < -0.4 is 5.32 Å². The van der Waals surface area contributed by atoms with Crippen molar-refractivity contribution in [2.45, 2.75) is 31.0 Å². The van der Waals surface area contributed by atoms with Crippen molar-refractivity contribution in [1.82, 2.24) is 15.3 Å². The highest BCUT2D eigenvalue weighted by molar-refractivity contribution is 5.93. The average molecular weight is 351 g/mol. The number of aliphatic hydroxyl groups is 1. The summed E-state index contributed by atoms with van der Waals surface area (Å²) in [5.74, 6) is 0.660. The Morgan fingerprint density at radius 2 is 1.80 bits per heavy atom. The number of amides is 1. The minimum absolute atomic E-state index is 0.130. The van der Waals surface area contributed by atoms with Gasteiger partial charge in [-0.2, -0.15) is 13.2 Å². The summed E-state index contributed by atoms with van der Waals surface area (Å²) in [5.41, 5.74) is -0.238. The molecule has 1 saturated carbocycles. The topological polar surface area (TPSA) is 75.1 Å². The van der Waals surface area contributed by atoms with E-state index in [1.807, 2.05) is 0 Å². The van der Waals surface area contributed by atoms with E-state index in [2.05, 4.69) is 15.3 Å². The number of hydrogen-bond acceptors (Lipinski definition) is 4. The molecule has 3 rings (SSSR count). The van der Waals surface area contributed by atoms with Gasteiger partial charge in [-0.1, -0.05) is 12.1 Å². The van der Waals surface area contributed by atoms with Crippen LogP contribution in [-0.2, 0) is 6.18 Å². The van der Waals surface area contributed by atoms with Crippen LogP contribution in [-0.4, -0.2) is 27.5 Å². The lowest BCUT2D eigenvalue weighted by molar-refractivity contribution is -0.137. The number of benzene rings is 1. The normalized spacial score (nSPS) is 15.7. The van der Waals surface area contributed by atoms with Crippen molar-refractivity contribution in [2.24, 2.45) is 0 Å². The molecule has 1 atom stereocenters. The van der Waals surface area contributed by atoms with Crippen molar-refractivity contribution >= 4 is 5.91 Å². The number of carbonyl (C=O) groups excluding carboxylic acids is 1. The summed E-state index contributed by atoms with van der Waals surface area (Å²) in [5, 5.41) is 12.5. The number of aromatic nitrogens is 2. The lowest BCUT2D eigenvalue weighted by Gasteiger charge is -2.13. The van der Waals surface area contributed by atoms with Gasteiger partial charge in [0.1, 0.15) is 5.82 Å². The molecule has 0 radical (unpaired) electrons. The summed E-state index contributed by atoms with van der Waals surface area (Å²) in [6, 6.07) is 4.16. The number of halogens is 3. The number of aliphatic hydroxyl groups excluding tert-OH is 1. The smallest absolute Gasteiger partial charge is 0.387 e. The van der Waals surface area contributed by atoms with E-state index in [1.54, 1.807) is 0 Å². The van der Waals surface area contributed by atoms with Crippen LogP contribution in [0.5, 0.6) is 0 Å². The Bertz CT molecular complexity index is 741. The maximum absolute atomic E-state index is 12.5. The molecule has 0 spiro atoms. The molecule has 1 aliphatic carbocycles. The first-order valence-corrected chi connectivity index (χ1v) is 7.80. The van der Waals surface area contributed by atoms with Crippen LogP contribution in [0.1, 0.15) is 52.2 Å². The first kappa shape index (κ1) is 17.3. The fourth-order valence-corrected chi connectivity index (χ4v) is 2.31. The highest BCUT2D eigenvalue weighted by atomic mass is 19.4. The van der Waals surface area contributed by atoms with Crippen LogP contribution >= 0.6 is 0 Å². The SMILES string of the molecule is O=C(NCC(O)c1ccc(C(F)(F)F)cc1)c1cnc(C2CC2)nc1. The van der Waals surface area contributed by atoms with Gasteiger partial charge in [-0.25, -0.2) is 9.97 Å². The summed E-state index contributed by atoms with van der Waals surface area (Å²) < 4.78 is 37.5. The largest absolute Gasteiger partial charge is 0.416 e. The van der Waals surface area contributed by atoms with E-state index in [9.17, 15) is 23.1 Å². The summed E-state index contributed by atoms with van der Waals surface area (Å²) in [6.07, 6.45) is -0.556. The molecular weight excluding hydrogens is 335 g/mol. The van der Waals surface area contributed by atoms with Crippen LogP contribution in [0.25, 0.3) is 0 Å². The number of carbonyl (C=O) groups is 1. The lowest BCUT2D eigenvalue weighted by atomic mass is 10.1. The van der Waals surface area contributed by atoms with Gasteiger partial charge in [-0.15, -0.1) is 0 Å². The standard InChI is InChI=1S/C17H16F3N3O2/c18-17(19,20)13-5-3-10(4-6-13)14(24)9-23-16(25)12-7-21-15(22-8-12)11-1-2-11/h3-8,11,14,24H,1-2,9H2,(H,23,25). The summed E-state index contributed by atoms with van der Waals surface area (Å²) in [7, 11) is 0. The maximum Gasteiger partial charge on any atom is 0.416 e. The molecule has 1 aromatic heterocycles. The second-order valence-electron chi connectivity index (χ2n) is 5.95. The molecule has 1 aromatic carbocycles. The number of nitrogens with zero attached hydrogens (tertiary/aromatic N) is 2. The molecule has 2 N–H and O–H groups in total. The van der Waals surface area contributed by atoms with E-state index in [1.165, 1.54) is 24.5 Å². The average Bonchev–Trinajstić information content (AvgIpc) is 3.44. The molecule has 132 valence electrons. The molecule has 25 heavy (non-hydrogen) atoms. The highest BCUT2D eigenvalue weighted by Gasteiger charge is 2.30. The molecule has 1 amide bonds. The van der Waals surface area contributed by atoms with Crippen molar-refractivity contribution in [3.63, 3.8) is 0 Å². The minimum Gasteiger partial charge on any atom is -0.387 e. The Balaban J connectivity index is 1.55. The fraction of sp³-hybridized carbons (Fsp3) is 0.353. The third-order valence-corrected chi connectivity index (χ3v) is 3.96. The Morgan fingerprint density at radius 3 is 2.32 bits per heavy atom. The summed E-state index contributed by atoms with van der Waals surface area (Å²) >= 11 is 0. The molecule has 0 bridgehead atoms. The predicted octanol–water partition coefficient (Wildman–Crippen LogP) is 2.84. The van der Waals surface area contributed by atoms with E-state index < -0.39 is 23.8 Å². The summed E-state index contributed by atoms with van der Waals surface area (Å²) in [4.78, 5) is 20.3. The molecule has 1 fully saturated rings. The van der Waals surface area contributed by atoms with E-state index in [4.69, 9.17) is 0 Å². The minimum atomic E-state index is -4.43. The van der Waals surface area contributed by atoms with Gasteiger partial charge in [0.15, 0.2) is 0 Å². The second-order valence-corrected chi connectivity index (χ2v) is 5.95. The molecule has 0 saturated heterocycles. The van der Waals surface area contributed by atoms with Crippen molar-refractivity contribution in [1.29, 1.82) is 0 Å². The second kappa shape index (κ2) is 6.79. The Labute approximate surface area is 141 Å². The number of rotatable bonds is 5. The van der Waals surface area contributed by atoms with Gasteiger partial charge in [-0.3, -0.25) is 4.79 Å². The molecule has 1 heterocycles. The Hall–Kier alpha value is -2.48. The zero-order valence-corrected chi connectivity index (χ0v) is 13.1. The van der Waals surface area contributed by atoms with Crippen molar-refractivity contribution in [2.75, 3.05) is 6.54 Å². The van der Waals surface area contributed by atoms with E-state index in [0.717, 1.165) is 30.8 Å². The Kier molecular flexibility index (Phi) is 4.71. The number of nitrogens with one attached hydrogen (secondary N) is 1. The quantitative estimate of drug-likeness (QED) is 0.869. The van der Waals surface area contributed by atoms with Gasteiger partial charge in [0, 0.05) is 24.9 Å². The van der Waals surface area contributed by atoms with E-state index >= 15 is 0 Å². The van der Waals surface area contributed by atoms with Crippen molar-refractivity contribution < 1.29 is 23.1 Å². The highest BCUT2D eigenvalue weighted by Crippen LogP contribution is 2.37. The fourth-order valence-electron chi connectivity index (χ4n) is 2.31. The maximum atomic E-state index is 12.5. The zero-order chi connectivity index (χ0) is 18.0. The molecule has 1 aliphatic rings. The Morgan fingerprint density at radius 1 is 1.20 bits per heavy atom. The van der Waals surface area contributed by atoms with Crippen LogP contribution in [0.2, 0.25) is 0 Å². The number of alkyl halides is 3. The van der Waals surface area contributed by atoms with E-state index in [0.29, 0.717) is 5.92 Å². The third-order valence-electron chi connectivity index (χ3n) is 3.96. The van der Waals surface area contributed by atoms with Gasteiger partial charge < -0.3 is 10.4 Å². The molecule has 5 nitrogen and oxygen atoms in total. The number of hydrogen-bond donors (Lipinski definition) is 2. The van der Waals surface area contributed by atoms with Crippen molar-refractivity contribution in [3.05, 3.63) is 59.2 Å². The van der Waals surface area contributed by atoms with Crippen LogP contribution in [0, 0.1) is 0 Å². The predicted molar refractivity (Wildman–Crippen MR) is 82.7 cm³/mol. The van der Waals surface area contributed by atoms with Crippen LogP contribution in [0.4, 0.5) is 13.2 Å². The van der Waals surface area contributed by atoms with Gasteiger partial charge in [0.05, 0.1) is 17.2 Å². The van der Waals surface area contributed by atoms with Crippen LogP contribution in [0.15, 0.2) is 36.7 Å².